The van der Waals surface area contributed by atoms with E-state index in [-0.39, 0.29) is 5.97 Å². The molecule has 3 heteroatoms. The summed E-state index contributed by atoms with van der Waals surface area (Å²) in [5.41, 5.74) is 0.515. The first-order valence-electron chi connectivity index (χ1n) is 5.73. The highest BCUT2D eigenvalue weighted by Crippen LogP contribution is 2.12. The molecule has 2 aromatic carbocycles. The van der Waals surface area contributed by atoms with Crippen LogP contribution in [0, 0.1) is 0 Å². The second-order valence-corrected chi connectivity index (χ2v) is 3.77. The monoisotopic (exact) mass is 242 g/mol. The maximum absolute atomic E-state index is 11.7. The quantitative estimate of drug-likeness (QED) is 0.609. The number of hydrogen-bond donors (Lipinski definition) is 0. The fourth-order valence-electron chi connectivity index (χ4n) is 1.51. The van der Waals surface area contributed by atoms with Crippen LogP contribution in [-0.2, 0) is 4.74 Å². The lowest BCUT2D eigenvalue weighted by molar-refractivity contribution is -0.0371. The van der Waals surface area contributed by atoms with Gasteiger partial charge in [0, 0.05) is 6.92 Å². The Kier molecular flexibility index (Phi) is 3.97. The lowest BCUT2D eigenvalue weighted by atomic mass is 10.2. The number of carbonyl (C=O) groups is 1. The Labute approximate surface area is 106 Å². The van der Waals surface area contributed by atoms with E-state index in [1.54, 1.807) is 31.2 Å². The minimum absolute atomic E-state index is 0.390. The van der Waals surface area contributed by atoms with E-state index in [4.69, 9.17) is 9.47 Å². The topological polar surface area (TPSA) is 35.5 Å². The van der Waals surface area contributed by atoms with Gasteiger partial charge in [0.2, 0.25) is 6.29 Å². The summed E-state index contributed by atoms with van der Waals surface area (Å²) < 4.78 is 10.6. The zero-order valence-electron chi connectivity index (χ0n) is 10.1. The van der Waals surface area contributed by atoms with Gasteiger partial charge in [0.05, 0.1) is 5.56 Å². The maximum Gasteiger partial charge on any atom is 0.341 e. The van der Waals surface area contributed by atoms with E-state index in [0.29, 0.717) is 11.3 Å². The Morgan fingerprint density at radius 1 is 0.944 bits per heavy atom. The molecule has 0 fully saturated rings. The summed E-state index contributed by atoms with van der Waals surface area (Å²) in [6, 6.07) is 18.1. The Hall–Kier alpha value is -2.29. The molecule has 0 aliphatic rings. The number of benzene rings is 2. The van der Waals surface area contributed by atoms with Crippen LogP contribution in [0.5, 0.6) is 5.75 Å². The Morgan fingerprint density at radius 2 is 1.50 bits per heavy atom. The zero-order chi connectivity index (χ0) is 12.8. The second-order valence-electron chi connectivity index (χ2n) is 3.77. The van der Waals surface area contributed by atoms with Crippen LogP contribution < -0.4 is 4.74 Å². The van der Waals surface area contributed by atoms with Gasteiger partial charge in [-0.25, -0.2) is 4.79 Å². The van der Waals surface area contributed by atoms with E-state index >= 15 is 0 Å². The molecule has 2 aromatic rings. The van der Waals surface area contributed by atoms with Gasteiger partial charge in [0.1, 0.15) is 5.75 Å². The highest BCUT2D eigenvalue weighted by Gasteiger charge is 2.12. The van der Waals surface area contributed by atoms with Gasteiger partial charge in [-0.3, -0.25) is 0 Å². The molecular formula is C15H14O3. The summed E-state index contributed by atoms with van der Waals surface area (Å²) in [5, 5.41) is 0. The lowest BCUT2D eigenvalue weighted by Gasteiger charge is -2.15. The summed E-state index contributed by atoms with van der Waals surface area (Å²) >= 11 is 0. The standard InChI is InChI=1S/C15H14O3/c1-12(17-14-10-6-3-7-11-14)18-15(16)13-8-4-2-5-9-13/h2-12H,1H3. The molecule has 18 heavy (non-hydrogen) atoms. The molecular weight excluding hydrogens is 228 g/mol. The van der Waals surface area contributed by atoms with Gasteiger partial charge < -0.3 is 9.47 Å². The Morgan fingerprint density at radius 3 is 2.11 bits per heavy atom. The average molecular weight is 242 g/mol. The molecule has 1 atom stereocenters. The maximum atomic E-state index is 11.7. The number of ether oxygens (including phenoxy) is 2. The van der Waals surface area contributed by atoms with Gasteiger partial charge in [-0.15, -0.1) is 0 Å². The van der Waals surface area contributed by atoms with E-state index in [0.717, 1.165) is 0 Å². The minimum Gasteiger partial charge on any atom is -0.455 e. The average Bonchev–Trinajstić information content (AvgIpc) is 2.40. The summed E-state index contributed by atoms with van der Waals surface area (Å²) in [5.74, 6) is 0.282. The lowest BCUT2D eigenvalue weighted by Crippen LogP contribution is -2.20. The van der Waals surface area contributed by atoms with Crippen LogP contribution in [-0.4, -0.2) is 12.3 Å². The molecule has 0 saturated carbocycles. The fourth-order valence-corrected chi connectivity index (χ4v) is 1.51. The Balaban J connectivity index is 1.92. The molecule has 0 N–H and O–H groups in total. The first-order chi connectivity index (χ1) is 8.75. The van der Waals surface area contributed by atoms with Gasteiger partial charge in [-0.2, -0.15) is 0 Å². The van der Waals surface area contributed by atoms with Gasteiger partial charge in [-0.1, -0.05) is 36.4 Å². The molecule has 0 spiro atoms. The molecule has 0 aromatic heterocycles. The van der Waals surface area contributed by atoms with Crippen LogP contribution in [0.1, 0.15) is 17.3 Å². The predicted octanol–water partition coefficient (Wildman–Crippen LogP) is 3.27. The van der Waals surface area contributed by atoms with Crippen molar-refractivity contribution in [3.63, 3.8) is 0 Å². The fraction of sp³-hybridized carbons (Fsp3) is 0.133. The van der Waals surface area contributed by atoms with Crippen molar-refractivity contribution in [2.75, 3.05) is 0 Å². The third-order valence-electron chi connectivity index (χ3n) is 2.33. The van der Waals surface area contributed by atoms with E-state index in [1.165, 1.54) is 0 Å². The number of carbonyl (C=O) groups excluding carboxylic acids is 1. The minimum atomic E-state index is -0.625. The normalized spacial score (nSPS) is 11.6. The van der Waals surface area contributed by atoms with Crippen LogP contribution in [0.15, 0.2) is 60.7 Å². The molecule has 0 bridgehead atoms. The highest BCUT2D eigenvalue weighted by molar-refractivity contribution is 5.89. The molecule has 2 rings (SSSR count). The number of rotatable bonds is 4. The van der Waals surface area contributed by atoms with Crippen molar-refractivity contribution < 1.29 is 14.3 Å². The van der Waals surface area contributed by atoms with Crippen molar-refractivity contribution >= 4 is 5.97 Å². The highest BCUT2D eigenvalue weighted by atomic mass is 16.7. The first kappa shape index (κ1) is 12.2. The largest absolute Gasteiger partial charge is 0.455 e. The van der Waals surface area contributed by atoms with Gasteiger partial charge in [0.15, 0.2) is 0 Å². The summed E-state index contributed by atoms with van der Waals surface area (Å²) in [6.45, 7) is 1.69. The molecule has 92 valence electrons. The smallest absolute Gasteiger partial charge is 0.341 e. The third kappa shape index (κ3) is 3.35. The molecule has 1 unspecified atom stereocenters. The number of hydrogen-bond acceptors (Lipinski definition) is 3. The molecule has 0 amide bonds. The van der Waals surface area contributed by atoms with E-state index in [2.05, 4.69) is 0 Å². The molecule has 0 heterocycles. The van der Waals surface area contributed by atoms with Crippen molar-refractivity contribution in [3.8, 4) is 5.75 Å². The molecule has 0 radical (unpaired) electrons. The summed E-state index contributed by atoms with van der Waals surface area (Å²) in [7, 11) is 0. The van der Waals surface area contributed by atoms with Crippen LogP contribution in [0.4, 0.5) is 0 Å². The van der Waals surface area contributed by atoms with Gasteiger partial charge in [-0.05, 0) is 24.3 Å². The molecule has 0 saturated heterocycles. The summed E-state index contributed by atoms with van der Waals surface area (Å²) in [4.78, 5) is 11.7. The van der Waals surface area contributed by atoms with Crippen LogP contribution in [0.3, 0.4) is 0 Å². The van der Waals surface area contributed by atoms with Gasteiger partial charge >= 0.3 is 5.97 Å². The van der Waals surface area contributed by atoms with Crippen molar-refractivity contribution in [3.05, 3.63) is 66.2 Å². The van der Waals surface area contributed by atoms with Crippen molar-refractivity contribution in [2.45, 2.75) is 13.2 Å². The molecule has 3 nitrogen and oxygen atoms in total. The molecule has 0 aliphatic heterocycles. The van der Waals surface area contributed by atoms with E-state index in [9.17, 15) is 4.79 Å². The summed E-state index contributed by atoms with van der Waals surface area (Å²) in [6.07, 6.45) is -0.625. The first-order valence-corrected chi connectivity index (χ1v) is 5.73. The zero-order valence-corrected chi connectivity index (χ0v) is 10.1. The van der Waals surface area contributed by atoms with Crippen LogP contribution in [0.25, 0.3) is 0 Å². The van der Waals surface area contributed by atoms with Crippen LogP contribution >= 0.6 is 0 Å². The van der Waals surface area contributed by atoms with Crippen molar-refractivity contribution in [1.82, 2.24) is 0 Å². The van der Waals surface area contributed by atoms with Gasteiger partial charge in [0.25, 0.3) is 0 Å². The van der Waals surface area contributed by atoms with Crippen molar-refractivity contribution in [2.24, 2.45) is 0 Å². The molecule has 0 aliphatic carbocycles. The Bertz CT molecular complexity index is 494. The predicted molar refractivity (Wildman–Crippen MR) is 68.4 cm³/mol. The van der Waals surface area contributed by atoms with E-state index < -0.39 is 6.29 Å². The second kappa shape index (κ2) is 5.87. The van der Waals surface area contributed by atoms with Crippen molar-refractivity contribution in [1.29, 1.82) is 0 Å². The van der Waals surface area contributed by atoms with Crippen LogP contribution in [0.2, 0.25) is 0 Å². The SMILES string of the molecule is CC(OC(=O)c1ccccc1)Oc1ccccc1. The van der Waals surface area contributed by atoms with E-state index in [1.807, 2.05) is 36.4 Å². The number of para-hydroxylation sites is 1. The number of esters is 1. The third-order valence-corrected chi connectivity index (χ3v) is 2.33.